The molecular weight excluding hydrogens is 416 g/mol. The van der Waals surface area contributed by atoms with Gasteiger partial charge in [-0.3, -0.25) is 9.69 Å². The Labute approximate surface area is 184 Å². The fourth-order valence-electron chi connectivity index (χ4n) is 2.97. The number of pyridine rings is 1. The first kappa shape index (κ1) is 22.8. The molecule has 0 spiro atoms. The molecule has 0 radical (unpaired) electrons. The van der Waals surface area contributed by atoms with Crippen LogP contribution in [0.2, 0.25) is 0 Å². The maximum absolute atomic E-state index is 12.8. The van der Waals surface area contributed by atoms with Crippen molar-refractivity contribution in [3.63, 3.8) is 0 Å². The molecule has 0 saturated carbocycles. The molecule has 32 heavy (non-hydrogen) atoms. The third-order valence-electron chi connectivity index (χ3n) is 4.49. The molecule has 170 valence electrons. The molecule has 0 unspecified atom stereocenters. The fourth-order valence-corrected chi connectivity index (χ4v) is 2.97. The van der Waals surface area contributed by atoms with Crippen LogP contribution in [-0.4, -0.2) is 49.0 Å². The Balaban J connectivity index is 2.13. The van der Waals surface area contributed by atoms with Crippen molar-refractivity contribution in [2.75, 3.05) is 17.3 Å². The summed E-state index contributed by atoms with van der Waals surface area (Å²) in [5.74, 6) is -0.846. The molecular formula is C21H26N6O5. The molecule has 0 aliphatic rings. The standard InChI is InChI=1S/C21H26N6O5/c1-12(2)26-9-7-8-14(18(26)28)23-15-10-16(25(6)20(31)32-21(3,4)5)27-17(24-15)13(11-22-27)19(29)30/h7-12H,1-6H3,(H,23,24)(H,29,30). The van der Waals surface area contributed by atoms with Crippen LogP contribution in [-0.2, 0) is 4.74 Å². The number of ether oxygens (including phenoxy) is 1. The Bertz CT molecular complexity index is 1240. The lowest BCUT2D eigenvalue weighted by Gasteiger charge is -2.25. The van der Waals surface area contributed by atoms with E-state index < -0.39 is 17.7 Å². The summed E-state index contributed by atoms with van der Waals surface area (Å²) in [4.78, 5) is 42.6. The normalized spacial score (nSPS) is 11.6. The Hall–Kier alpha value is -3.89. The lowest BCUT2D eigenvalue weighted by molar-refractivity contribution is 0.0587. The SMILES string of the molecule is CC(C)n1cccc(Nc2cc(N(C)C(=O)OC(C)(C)C)n3ncc(C(=O)O)c3n2)c1=O. The van der Waals surface area contributed by atoms with Crippen molar-refractivity contribution in [1.29, 1.82) is 0 Å². The first-order valence-electron chi connectivity index (χ1n) is 9.96. The zero-order chi connectivity index (χ0) is 23.8. The van der Waals surface area contributed by atoms with E-state index in [9.17, 15) is 19.5 Å². The largest absolute Gasteiger partial charge is 0.477 e. The number of amides is 1. The summed E-state index contributed by atoms with van der Waals surface area (Å²) >= 11 is 0. The Kier molecular flexibility index (Phi) is 5.93. The van der Waals surface area contributed by atoms with Gasteiger partial charge in [0.1, 0.15) is 28.5 Å². The lowest BCUT2D eigenvalue weighted by Crippen LogP contribution is -2.35. The van der Waals surface area contributed by atoms with Crippen molar-refractivity contribution in [2.24, 2.45) is 0 Å². The van der Waals surface area contributed by atoms with Crippen LogP contribution in [0.5, 0.6) is 0 Å². The molecule has 0 saturated heterocycles. The van der Waals surface area contributed by atoms with Gasteiger partial charge in [0.15, 0.2) is 5.65 Å². The van der Waals surface area contributed by atoms with Gasteiger partial charge in [-0.2, -0.15) is 9.61 Å². The Morgan fingerprint density at radius 3 is 2.56 bits per heavy atom. The van der Waals surface area contributed by atoms with E-state index in [1.165, 1.54) is 22.5 Å². The first-order valence-corrected chi connectivity index (χ1v) is 9.96. The van der Waals surface area contributed by atoms with Crippen LogP contribution in [0.3, 0.4) is 0 Å². The molecule has 0 atom stereocenters. The summed E-state index contributed by atoms with van der Waals surface area (Å²) in [5, 5.41) is 16.5. The minimum atomic E-state index is -1.22. The van der Waals surface area contributed by atoms with E-state index in [2.05, 4.69) is 15.4 Å². The highest BCUT2D eigenvalue weighted by molar-refractivity contribution is 5.95. The van der Waals surface area contributed by atoms with Crippen molar-refractivity contribution in [2.45, 2.75) is 46.3 Å². The van der Waals surface area contributed by atoms with Crippen molar-refractivity contribution < 1.29 is 19.4 Å². The number of carbonyl (C=O) groups is 2. The molecule has 3 heterocycles. The quantitative estimate of drug-likeness (QED) is 0.615. The van der Waals surface area contributed by atoms with Crippen molar-refractivity contribution in [3.8, 4) is 0 Å². The number of nitrogens with zero attached hydrogens (tertiary/aromatic N) is 5. The molecule has 2 N–H and O–H groups in total. The highest BCUT2D eigenvalue weighted by atomic mass is 16.6. The zero-order valence-electron chi connectivity index (χ0n) is 18.8. The van der Waals surface area contributed by atoms with Gasteiger partial charge in [-0.15, -0.1) is 0 Å². The zero-order valence-corrected chi connectivity index (χ0v) is 18.8. The van der Waals surface area contributed by atoms with Gasteiger partial charge in [-0.05, 0) is 46.8 Å². The number of carboxylic acids is 1. The van der Waals surface area contributed by atoms with Crippen LogP contribution in [0.4, 0.5) is 22.1 Å². The van der Waals surface area contributed by atoms with Crippen molar-refractivity contribution in [3.05, 3.63) is 46.5 Å². The lowest BCUT2D eigenvalue weighted by atomic mass is 10.2. The highest BCUT2D eigenvalue weighted by Crippen LogP contribution is 2.24. The molecule has 3 aromatic rings. The number of carboxylic acid groups (broad SMARTS) is 1. The van der Waals surface area contributed by atoms with Crippen LogP contribution in [0, 0.1) is 0 Å². The smallest absolute Gasteiger partial charge is 0.415 e. The Morgan fingerprint density at radius 1 is 1.28 bits per heavy atom. The third kappa shape index (κ3) is 4.56. The van der Waals surface area contributed by atoms with Gasteiger partial charge < -0.3 is 19.7 Å². The number of anilines is 3. The molecule has 0 fully saturated rings. The summed E-state index contributed by atoms with van der Waals surface area (Å²) in [6.07, 6.45) is 2.16. The second-order valence-electron chi connectivity index (χ2n) is 8.49. The summed E-state index contributed by atoms with van der Waals surface area (Å²) in [6, 6.07) is 4.75. The van der Waals surface area contributed by atoms with Crippen LogP contribution in [0.25, 0.3) is 5.65 Å². The van der Waals surface area contributed by atoms with E-state index in [-0.39, 0.29) is 40.1 Å². The minimum Gasteiger partial charge on any atom is -0.477 e. The fraction of sp³-hybridized carbons (Fsp3) is 0.381. The van der Waals surface area contributed by atoms with Crippen molar-refractivity contribution in [1.82, 2.24) is 19.2 Å². The maximum atomic E-state index is 12.8. The average molecular weight is 442 g/mol. The van der Waals surface area contributed by atoms with Gasteiger partial charge in [0, 0.05) is 25.4 Å². The molecule has 0 aliphatic carbocycles. The average Bonchev–Trinajstić information content (AvgIpc) is 3.11. The molecule has 0 bridgehead atoms. The number of hydrogen-bond donors (Lipinski definition) is 2. The highest BCUT2D eigenvalue weighted by Gasteiger charge is 2.25. The molecule has 11 heteroatoms. The van der Waals surface area contributed by atoms with E-state index in [1.807, 2.05) is 13.8 Å². The molecule has 0 aromatic carbocycles. The maximum Gasteiger partial charge on any atom is 0.415 e. The van der Waals surface area contributed by atoms with E-state index in [4.69, 9.17) is 4.74 Å². The first-order chi connectivity index (χ1) is 14.9. The van der Waals surface area contributed by atoms with Gasteiger partial charge in [-0.25, -0.2) is 14.6 Å². The summed E-state index contributed by atoms with van der Waals surface area (Å²) < 4.78 is 8.20. The topological polar surface area (TPSA) is 131 Å². The number of aromatic nitrogens is 4. The third-order valence-corrected chi connectivity index (χ3v) is 4.49. The number of aromatic carboxylic acids is 1. The van der Waals surface area contributed by atoms with E-state index >= 15 is 0 Å². The summed E-state index contributed by atoms with van der Waals surface area (Å²) in [7, 11) is 1.48. The minimum absolute atomic E-state index is 0.00743. The molecule has 3 aromatic heterocycles. The van der Waals surface area contributed by atoms with E-state index in [1.54, 1.807) is 43.7 Å². The van der Waals surface area contributed by atoms with E-state index in [0.29, 0.717) is 0 Å². The van der Waals surface area contributed by atoms with Gasteiger partial charge in [-0.1, -0.05) is 0 Å². The van der Waals surface area contributed by atoms with Gasteiger partial charge in [0.2, 0.25) is 0 Å². The summed E-state index contributed by atoms with van der Waals surface area (Å²) in [5.41, 5.74) is -0.896. The molecule has 11 nitrogen and oxygen atoms in total. The number of hydrogen-bond acceptors (Lipinski definition) is 7. The predicted molar refractivity (Wildman–Crippen MR) is 119 cm³/mol. The van der Waals surface area contributed by atoms with Gasteiger partial charge in [0.05, 0.1) is 6.20 Å². The second-order valence-corrected chi connectivity index (χ2v) is 8.49. The number of nitrogens with one attached hydrogen (secondary N) is 1. The number of carbonyl (C=O) groups excluding carboxylic acids is 1. The molecule has 1 amide bonds. The second kappa shape index (κ2) is 8.33. The molecule has 3 rings (SSSR count). The predicted octanol–water partition coefficient (Wildman–Crippen LogP) is 3.29. The monoisotopic (exact) mass is 442 g/mol. The van der Waals surface area contributed by atoms with Crippen LogP contribution < -0.4 is 15.8 Å². The molecule has 0 aliphatic heterocycles. The van der Waals surface area contributed by atoms with Gasteiger partial charge in [0.25, 0.3) is 5.56 Å². The van der Waals surface area contributed by atoms with Gasteiger partial charge >= 0.3 is 12.1 Å². The van der Waals surface area contributed by atoms with Crippen LogP contribution in [0.1, 0.15) is 51.0 Å². The number of fused-ring (bicyclic) bond motifs is 1. The number of rotatable bonds is 5. The summed E-state index contributed by atoms with van der Waals surface area (Å²) in [6.45, 7) is 8.97. The van der Waals surface area contributed by atoms with Crippen LogP contribution >= 0.6 is 0 Å². The van der Waals surface area contributed by atoms with Crippen molar-refractivity contribution >= 4 is 35.0 Å². The van der Waals surface area contributed by atoms with Crippen LogP contribution in [0.15, 0.2) is 35.4 Å². The Morgan fingerprint density at radius 2 is 1.97 bits per heavy atom. The van der Waals surface area contributed by atoms with E-state index in [0.717, 1.165) is 6.20 Å².